The maximum Gasteiger partial charge on any atom is 0.0577 e. The van der Waals surface area contributed by atoms with Crippen LogP contribution < -0.4 is 0 Å². The van der Waals surface area contributed by atoms with E-state index >= 15 is 0 Å². The molecule has 2 saturated carbocycles. The van der Waals surface area contributed by atoms with E-state index in [0.717, 1.165) is 30.6 Å². The van der Waals surface area contributed by atoms with E-state index in [1.165, 1.54) is 37.7 Å². The number of pyridine rings is 1. The Hall–Kier alpha value is -1.41. The number of rotatable bonds is 1. The van der Waals surface area contributed by atoms with Gasteiger partial charge in [-0.15, -0.1) is 0 Å². The summed E-state index contributed by atoms with van der Waals surface area (Å²) in [6.07, 6.45) is 17.0. The molecule has 6 unspecified atom stereocenters. The van der Waals surface area contributed by atoms with Crippen LogP contribution in [0.2, 0.25) is 0 Å². The Bertz CT molecular complexity index is 766. The minimum absolute atomic E-state index is 0.106. The van der Waals surface area contributed by atoms with Crippen LogP contribution in [-0.2, 0) is 0 Å². The highest BCUT2D eigenvalue weighted by Gasteiger charge is 2.56. The van der Waals surface area contributed by atoms with Crippen molar-refractivity contribution >= 4 is 5.57 Å². The molecule has 4 aliphatic carbocycles. The van der Waals surface area contributed by atoms with Crippen molar-refractivity contribution in [2.24, 2.45) is 28.6 Å². The Labute approximate surface area is 171 Å². The number of aliphatic hydroxyl groups is 1. The van der Waals surface area contributed by atoms with Crippen LogP contribution in [0.15, 0.2) is 42.3 Å². The van der Waals surface area contributed by atoms with Gasteiger partial charge in [0.1, 0.15) is 0 Å². The smallest absolute Gasteiger partial charge is 0.0577 e. The van der Waals surface area contributed by atoms with Gasteiger partial charge in [-0.3, -0.25) is 4.98 Å². The van der Waals surface area contributed by atoms with Gasteiger partial charge in [-0.2, -0.15) is 0 Å². The van der Waals surface area contributed by atoms with Gasteiger partial charge in [-0.05, 0) is 90.7 Å². The summed E-state index contributed by atoms with van der Waals surface area (Å²) in [6.45, 7) is 9.03. The van der Waals surface area contributed by atoms with E-state index in [4.69, 9.17) is 0 Å². The molecule has 0 aliphatic heterocycles. The first kappa shape index (κ1) is 19.9. The second-order valence-corrected chi connectivity index (χ2v) is 9.71. The normalized spacial score (nSPS) is 41.5. The van der Waals surface area contributed by atoms with E-state index < -0.39 is 0 Å². The van der Waals surface area contributed by atoms with Gasteiger partial charge in [0, 0.05) is 12.4 Å². The second-order valence-electron chi connectivity index (χ2n) is 9.71. The highest BCUT2D eigenvalue weighted by Crippen LogP contribution is 2.66. The van der Waals surface area contributed by atoms with E-state index in [1.54, 1.807) is 11.1 Å². The van der Waals surface area contributed by atoms with Crippen molar-refractivity contribution < 1.29 is 5.11 Å². The topological polar surface area (TPSA) is 33.1 Å². The zero-order valence-electron chi connectivity index (χ0n) is 18.1. The number of fused-ring (bicyclic) bond motifs is 5. The molecule has 1 aromatic rings. The lowest BCUT2D eigenvalue weighted by atomic mass is 9.47. The zero-order valence-corrected chi connectivity index (χ0v) is 18.1. The molecule has 4 aliphatic rings. The highest BCUT2D eigenvalue weighted by molar-refractivity contribution is 5.72. The van der Waals surface area contributed by atoms with Gasteiger partial charge < -0.3 is 5.11 Å². The third-order valence-corrected chi connectivity index (χ3v) is 8.63. The van der Waals surface area contributed by atoms with Crippen LogP contribution in [0, 0.1) is 28.6 Å². The minimum atomic E-state index is -0.106. The Kier molecular flexibility index (Phi) is 5.29. The summed E-state index contributed by atoms with van der Waals surface area (Å²) in [6, 6.07) is 4.31. The SMILES string of the molecule is CC.CC12CCC(O)CC1=CCC1C2CCC2(C)C(c3cccnc3)=CCC12. The number of nitrogens with zero attached hydrogens (tertiary/aromatic N) is 1. The number of hydrogen-bond acceptors (Lipinski definition) is 2. The summed E-state index contributed by atoms with van der Waals surface area (Å²) < 4.78 is 0. The molecule has 0 amide bonds. The fourth-order valence-electron chi connectivity index (χ4n) is 7.18. The van der Waals surface area contributed by atoms with Crippen molar-refractivity contribution in [3.05, 3.63) is 47.8 Å². The third-order valence-electron chi connectivity index (χ3n) is 8.63. The molecule has 0 saturated heterocycles. The molecule has 0 aromatic carbocycles. The highest BCUT2D eigenvalue weighted by atomic mass is 16.3. The number of hydrogen-bond donors (Lipinski definition) is 1. The van der Waals surface area contributed by atoms with Crippen LogP contribution in [0.3, 0.4) is 0 Å². The van der Waals surface area contributed by atoms with Gasteiger partial charge in [0.25, 0.3) is 0 Å². The fourth-order valence-corrected chi connectivity index (χ4v) is 7.18. The van der Waals surface area contributed by atoms with E-state index in [-0.39, 0.29) is 6.10 Å². The summed E-state index contributed by atoms with van der Waals surface area (Å²) in [5, 5.41) is 10.2. The summed E-state index contributed by atoms with van der Waals surface area (Å²) in [5.74, 6) is 2.36. The first-order chi connectivity index (χ1) is 13.5. The molecule has 6 atom stereocenters. The zero-order chi connectivity index (χ0) is 19.9. The lowest BCUT2D eigenvalue weighted by molar-refractivity contribution is -0.0238. The van der Waals surface area contributed by atoms with Crippen molar-refractivity contribution in [2.45, 2.75) is 78.7 Å². The van der Waals surface area contributed by atoms with E-state index in [1.807, 2.05) is 26.2 Å². The Morgan fingerprint density at radius 3 is 2.54 bits per heavy atom. The van der Waals surface area contributed by atoms with Crippen LogP contribution in [0.25, 0.3) is 5.57 Å². The van der Waals surface area contributed by atoms with Gasteiger partial charge in [0.2, 0.25) is 0 Å². The molecule has 1 aromatic heterocycles. The van der Waals surface area contributed by atoms with Crippen molar-refractivity contribution in [2.75, 3.05) is 0 Å². The van der Waals surface area contributed by atoms with Crippen molar-refractivity contribution in [3.63, 3.8) is 0 Å². The van der Waals surface area contributed by atoms with Gasteiger partial charge in [0.15, 0.2) is 0 Å². The second kappa shape index (κ2) is 7.44. The largest absolute Gasteiger partial charge is 0.393 e. The Balaban J connectivity index is 0.000000932. The molecule has 0 radical (unpaired) electrons. The average Bonchev–Trinajstić information content (AvgIpc) is 3.08. The Morgan fingerprint density at radius 1 is 1.00 bits per heavy atom. The van der Waals surface area contributed by atoms with E-state index in [2.05, 4.69) is 43.1 Å². The van der Waals surface area contributed by atoms with Crippen molar-refractivity contribution in [1.82, 2.24) is 4.98 Å². The molecule has 1 N–H and O–H groups in total. The molecule has 152 valence electrons. The molecule has 2 fully saturated rings. The summed E-state index contributed by atoms with van der Waals surface area (Å²) in [7, 11) is 0. The molecule has 0 bridgehead atoms. The molecule has 1 heterocycles. The molecule has 28 heavy (non-hydrogen) atoms. The number of aromatic nitrogens is 1. The molecule has 2 heteroatoms. The van der Waals surface area contributed by atoms with Crippen LogP contribution in [0.1, 0.15) is 78.2 Å². The standard InChI is InChI=1S/C24H31NO.C2H6/c1-23-11-9-18(26)14-17(23)5-6-19-21-8-7-20(16-4-3-13-25-15-16)24(21,2)12-10-22(19)23;1-2/h3-5,7,13,15,18-19,21-22,26H,6,8-12,14H2,1-2H3;1-2H3. The summed E-state index contributed by atoms with van der Waals surface area (Å²) in [5.41, 5.74) is 5.09. The van der Waals surface area contributed by atoms with Gasteiger partial charge in [-0.25, -0.2) is 0 Å². The van der Waals surface area contributed by atoms with Crippen molar-refractivity contribution in [3.8, 4) is 0 Å². The monoisotopic (exact) mass is 379 g/mol. The lowest BCUT2D eigenvalue weighted by Gasteiger charge is -2.57. The van der Waals surface area contributed by atoms with Crippen LogP contribution in [0.5, 0.6) is 0 Å². The van der Waals surface area contributed by atoms with Gasteiger partial charge in [-0.1, -0.05) is 51.5 Å². The fraction of sp³-hybridized carbons (Fsp3) is 0.654. The lowest BCUT2D eigenvalue weighted by Crippen LogP contribution is -2.49. The maximum absolute atomic E-state index is 10.2. The van der Waals surface area contributed by atoms with Crippen LogP contribution in [-0.4, -0.2) is 16.2 Å². The molecular weight excluding hydrogens is 342 g/mol. The summed E-state index contributed by atoms with van der Waals surface area (Å²) >= 11 is 0. The van der Waals surface area contributed by atoms with Crippen LogP contribution in [0.4, 0.5) is 0 Å². The number of allylic oxidation sites excluding steroid dienone is 3. The predicted molar refractivity (Wildman–Crippen MR) is 117 cm³/mol. The predicted octanol–water partition coefficient (Wildman–Crippen LogP) is 6.42. The molecule has 0 spiro atoms. The molecular formula is C26H37NO. The van der Waals surface area contributed by atoms with Crippen molar-refractivity contribution in [1.29, 1.82) is 0 Å². The quantitative estimate of drug-likeness (QED) is 0.571. The first-order valence-corrected chi connectivity index (χ1v) is 11.5. The molecule has 5 rings (SSSR count). The van der Waals surface area contributed by atoms with Gasteiger partial charge >= 0.3 is 0 Å². The van der Waals surface area contributed by atoms with Gasteiger partial charge in [0.05, 0.1) is 6.10 Å². The summed E-state index contributed by atoms with van der Waals surface area (Å²) in [4.78, 5) is 4.38. The molecule has 2 nitrogen and oxygen atoms in total. The maximum atomic E-state index is 10.2. The average molecular weight is 380 g/mol. The number of aliphatic hydroxyl groups excluding tert-OH is 1. The minimum Gasteiger partial charge on any atom is -0.393 e. The van der Waals surface area contributed by atoms with E-state index in [0.29, 0.717) is 10.8 Å². The Morgan fingerprint density at radius 2 is 1.79 bits per heavy atom. The first-order valence-electron chi connectivity index (χ1n) is 11.5. The van der Waals surface area contributed by atoms with Crippen LogP contribution >= 0.6 is 0 Å². The third kappa shape index (κ3) is 2.91. The van der Waals surface area contributed by atoms with E-state index in [9.17, 15) is 5.11 Å².